The normalized spacial score (nSPS) is 26.8. The number of carbonyl (C=O) groups is 3. The number of Topliss-reactive ketones (excluding diaryl/α,β-unsaturated/α-hetero) is 2. The summed E-state index contributed by atoms with van der Waals surface area (Å²) in [7, 11) is 0.466. The minimum atomic E-state index is -3.87. The predicted molar refractivity (Wildman–Crippen MR) is 138 cm³/mol. The summed E-state index contributed by atoms with van der Waals surface area (Å²) < 4.78 is 32.4. The van der Waals surface area contributed by atoms with Crippen molar-refractivity contribution < 1.29 is 48.0 Å². The third-order valence-electron chi connectivity index (χ3n) is 7.64. The highest BCUT2D eigenvalue weighted by atomic mass is 32.2. The smallest absolute Gasteiger partial charge is 0.255 e. The average Bonchev–Trinajstić information content (AvgIpc) is 2.82. The monoisotopic (exact) mass is 565 g/mol. The number of primary amides is 1. The van der Waals surface area contributed by atoms with Crippen molar-refractivity contribution in [2.24, 2.45) is 17.6 Å². The molecule has 0 unspecified atom stereocenters. The maximum absolute atomic E-state index is 13.9. The third-order valence-corrected chi connectivity index (χ3v) is 9.11. The first-order chi connectivity index (χ1) is 18.1. The molecule has 1 saturated carbocycles. The maximum Gasteiger partial charge on any atom is 0.255 e. The van der Waals surface area contributed by atoms with E-state index in [9.17, 15) is 43.2 Å². The number of nitrogens with zero attached hydrogens (tertiary/aromatic N) is 1. The first-order valence-corrected chi connectivity index (χ1v) is 13.9. The number of hydrogen-bond donors (Lipinski definition) is 6. The molecule has 0 heterocycles. The highest BCUT2D eigenvalue weighted by Gasteiger charge is 2.64. The summed E-state index contributed by atoms with van der Waals surface area (Å²) in [5.74, 6) is -8.08. The van der Waals surface area contributed by atoms with Crippen LogP contribution >= 0.6 is 0 Å². The molecule has 13 nitrogen and oxygen atoms in total. The number of amides is 1. The minimum Gasteiger partial charge on any atom is -0.508 e. The molecule has 1 amide bonds. The Labute approximate surface area is 224 Å². The van der Waals surface area contributed by atoms with Gasteiger partial charge in [0.15, 0.2) is 17.1 Å². The van der Waals surface area contributed by atoms with Gasteiger partial charge in [-0.25, -0.2) is 8.42 Å². The van der Waals surface area contributed by atoms with Crippen LogP contribution in [-0.2, 0) is 30.8 Å². The number of phenols is 1. The first kappa shape index (κ1) is 28.4. The lowest BCUT2D eigenvalue weighted by Crippen LogP contribution is -2.65. The lowest BCUT2D eigenvalue weighted by Gasteiger charge is -2.50. The summed E-state index contributed by atoms with van der Waals surface area (Å²) in [4.78, 5) is 40.5. The van der Waals surface area contributed by atoms with E-state index in [-0.39, 0.29) is 46.7 Å². The lowest BCUT2D eigenvalue weighted by molar-refractivity contribution is -0.153. The van der Waals surface area contributed by atoms with E-state index in [0.29, 0.717) is 6.42 Å². The van der Waals surface area contributed by atoms with Crippen molar-refractivity contribution in [3.05, 3.63) is 34.1 Å². The predicted octanol–water partition coefficient (Wildman–Crippen LogP) is 0.124. The molecule has 3 aliphatic carbocycles. The quantitative estimate of drug-likeness (QED) is 0.193. The van der Waals surface area contributed by atoms with E-state index in [2.05, 4.69) is 4.72 Å². The van der Waals surface area contributed by atoms with E-state index in [4.69, 9.17) is 10.5 Å². The second-order valence-corrected chi connectivity index (χ2v) is 12.1. The fourth-order valence-electron chi connectivity index (χ4n) is 6.02. The largest absolute Gasteiger partial charge is 0.508 e. The number of nitrogens with two attached hydrogens (primary N) is 1. The van der Waals surface area contributed by atoms with Gasteiger partial charge < -0.3 is 30.9 Å². The zero-order valence-electron chi connectivity index (χ0n) is 21.8. The number of ketones is 2. The number of carbonyl (C=O) groups excluding carboxylic acids is 3. The molecular weight excluding hydrogens is 534 g/mol. The number of aliphatic hydroxyl groups excluding tert-OH is 2. The second-order valence-electron chi connectivity index (χ2n) is 10.2. The zero-order chi connectivity index (χ0) is 29.2. The van der Waals surface area contributed by atoms with E-state index in [1.54, 1.807) is 6.92 Å². The van der Waals surface area contributed by atoms with Gasteiger partial charge in [-0.2, -0.15) is 0 Å². The minimum absolute atomic E-state index is 0.00720. The van der Waals surface area contributed by atoms with Crippen molar-refractivity contribution in [3.8, 4) is 11.5 Å². The molecule has 0 aliphatic heterocycles. The van der Waals surface area contributed by atoms with E-state index >= 15 is 0 Å². The first-order valence-electron chi connectivity index (χ1n) is 12.2. The van der Waals surface area contributed by atoms with Gasteiger partial charge in [-0.05, 0) is 39.3 Å². The van der Waals surface area contributed by atoms with Crippen LogP contribution in [0.15, 0.2) is 23.0 Å². The van der Waals surface area contributed by atoms with Crippen molar-refractivity contribution >= 4 is 38.9 Å². The van der Waals surface area contributed by atoms with Crippen LogP contribution in [0.4, 0.5) is 5.69 Å². The Hall–Kier alpha value is -3.62. The number of aromatic hydroxyl groups is 1. The van der Waals surface area contributed by atoms with Gasteiger partial charge in [-0.15, -0.1) is 0 Å². The summed E-state index contributed by atoms with van der Waals surface area (Å²) in [6.07, 6.45) is 0.220. The number of fused-ring (bicyclic) bond motifs is 3. The Morgan fingerprint density at radius 1 is 1.26 bits per heavy atom. The molecule has 1 aromatic rings. The maximum atomic E-state index is 13.9. The Bertz CT molecular complexity index is 1460. The Morgan fingerprint density at radius 3 is 2.44 bits per heavy atom. The molecule has 0 aromatic heterocycles. The molecule has 14 heteroatoms. The molecule has 0 radical (unpaired) electrons. The number of benzene rings is 1. The highest BCUT2D eigenvalue weighted by molar-refractivity contribution is 7.92. The molecule has 0 saturated heterocycles. The van der Waals surface area contributed by atoms with Gasteiger partial charge in [-0.3, -0.25) is 24.0 Å². The van der Waals surface area contributed by atoms with Crippen molar-refractivity contribution in [2.45, 2.75) is 37.8 Å². The van der Waals surface area contributed by atoms with Gasteiger partial charge in [0, 0.05) is 23.1 Å². The number of ether oxygens (including phenoxy) is 1. The van der Waals surface area contributed by atoms with Crippen LogP contribution in [0, 0.1) is 11.8 Å². The van der Waals surface area contributed by atoms with E-state index in [0.717, 1.165) is 0 Å². The summed E-state index contributed by atoms with van der Waals surface area (Å²) >= 11 is 0. The van der Waals surface area contributed by atoms with Crippen LogP contribution in [-0.4, -0.2) is 89.8 Å². The van der Waals surface area contributed by atoms with Crippen LogP contribution in [0.1, 0.15) is 30.9 Å². The Balaban J connectivity index is 1.96. The number of nitrogens with one attached hydrogen (secondary N) is 1. The van der Waals surface area contributed by atoms with Crippen molar-refractivity contribution in [1.82, 2.24) is 4.90 Å². The Kier molecular flexibility index (Phi) is 6.94. The summed E-state index contributed by atoms with van der Waals surface area (Å²) in [6, 6.07) is 0.0641. The lowest BCUT2D eigenvalue weighted by atomic mass is 9.57. The number of phenolic OH excluding ortho intramolecular Hbond substituents is 1. The number of hydrogen-bond acceptors (Lipinski definition) is 11. The average molecular weight is 566 g/mol. The molecule has 0 bridgehead atoms. The number of methoxy groups -OCH3 is 1. The van der Waals surface area contributed by atoms with Gasteiger partial charge in [0.1, 0.15) is 22.8 Å². The number of aliphatic hydroxyl groups is 3. The molecule has 39 heavy (non-hydrogen) atoms. The van der Waals surface area contributed by atoms with Crippen molar-refractivity contribution in [3.63, 3.8) is 0 Å². The summed E-state index contributed by atoms with van der Waals surface area (Å²) in [5.41, 5.74) is 0.988. The standard InChI is InChI=1S/C25H31N3O10S/c1-5-6-39(36,37)27-13-9-14(38-4)11-7-10-8-12-18(28(2)3)21(31)17(24(26)34)23(33)25(12,35)22(32)15(10)20(30)16(11)19(13)29/h9-10,12,18,27,29-30,33,35H,5-8H2,1-4H3,(H2,26,34)/t10-,12-,18-,25-/m0/s1. The Morgan fingerprint density at radius 2 is 1.90 bits per heavy atom. The molecule has 4 rings (SSSR count). The van der Waals surface area contributed by atoms with Crippen LogP contribution in [0.3, 0.4) is 0 Å². The van der Waals surface area contributed by atoms with E-state index in [1.165, 1.54) is 32.2 Å². The fourth-order valence-corrected chi connectivity index (χ4v) is 7.15. The fraction of sp³-hybridized carbons (Fsp3) is 0.480. The zero-order valence-corrected chi connectivity index (χ0v) is 22.6. The van der Waals surface area contributed by atoms with Crippen LogP contribution in [0.25, 0.3) is 5.76 Å². The molecule has 4 atom stereocenters. The van der Waals surface area contributed by atoms with Crippen LogP contribution in [0.2, 0.25) is 0 Å². The number of likely N-dealkylation sites (N-methyl/N-ethyl adjacent to an activating group) is 1. The number of sulfonamides is 1. The molecule has 0 spiro atoms. The van der Waals surface area contributed by atoms with E-state index < -0.39 is 73.8 Å². The molecule has 7 N–H and O–H groups in total. The van der Waals surface area contributed by atoms with Gasteiger partial charge in [0.25, 0.3) is 5.91 Å². The SMILES string of the molecule is CCCS(=O)(=O)Nc1cc(OC)c2c(c1O)C(O)=C1C(=O)[C@]3(O)C(O)=C(C(N)=O)C(=O)[C@@H](N(C)C)[C@@H]3C[C@@H]1C2. The molecule has 212 valence electrons. The molecule has 3 aliphatic rings. The molecule has 1 fully saturated rings. The molecular formula is C25H31N3O10S. The van der Waals surface area contributed by atoms with Gasteiger partial charge in [-0.1, -0.05) is 6.92 Å². The van der Waals surface area contributed by atoms with Crippen molar-refractivity contribution in [2.75, 3.05) is 31.7 Å². The highest BCUT2D eigenvalue weighted by Crippen LogP contribution is 2.54. The summed E-state index contributed by atoms with van der Waals surface area (Å²) in [5, 5.41) is 44.9. The number of anilines is 1. The number of rotatable bonds is 7. The van der Waals surface area contributed by atoms with Gasteiger partial charge in [0.05, 0.1) is 30.2 Å². The molecule has 1 aromatic carbocycles. The van der Waals surface area contributed by atoms with Crippen LogP contribution in [0.5, 0.6) is 11.5 Å². The topological polar surface area (TPSA) is 217 Å². The van der Waals surface area contributed by atoms with Crippen LogP contribution < -0.4 is 15.2 Å². The van der Waals surface area contributed by atoms with E-state index in [1.807, 2.05) is 0 Å². The third kappa shape index (κ3) is 4.13. The van der Waals surface area contributed by atoms with Gasteiger partial charge >= 0.3 is 0 Å². The second kappa shape index (κ2) is 9.54. The summed E-state index contributed by atoms with van der Waals surface area (Å²) in [6.45, 7) is 1.66. The van der Waals surface area contributed by atoms with Crippen molar-refractivity contribution in [1.29, 1.82) is 0 Å². The van der Waals surface area contributed by atoms with Gasteiger partial charge in [0.2, 0.25) is 15.8 Å².